The van der Waals surface area contributed by atoms with Crippen molar-refractivity contribution in [3.05, 3.63) is 11.5 Å². The third-order valence-electron chi connectivity index (χ3n) is 1.14. The molecule has 8 heteroatoms. The SMILES string of the molecule is O=S1(=O)C=CC(OS(=O)(=O)[O-])C1. The smallest absolute Gasteiger partial charge is 0.218 e. The molecule has 0 bridgehead atoms. The maximum Gasteiger partial charge on any atom is 0.218 e. The van der Waals surface area contributed by atoms with Crippen LogP contribution in [-0.2, 0) is 24.4 Å². The van der Waals surface area contributed by atoms with Crippen molar-refractivity contribution in [2.75, 3.05) is 5.75 Å². The van der Waals surface area contributed by atoms with Gasteiger partial charge in [-0.1, -0.05) is 0 Å². The van der Waals surface area contributed by atoms with E-state index in [0.717, 1.165) is 11.5 Å². The molecule has 1 atom stereocenters. The summed E-state index contributed by atoms with van der Waals surface area (Å²) in [7, 11) is -8.20. The van der Waals surface area contributed by atoms with Crippen LogP contribution in [0.1, 0.15) is 0 Å². The van der Waals surface area contributed by atoms with Gasteiger partial charge in [-0.05, 0) is 6.08 Å². The van der Waals surface area contributed by atoms with Crippen molar-refractivity contribution >= 4 is 20.2 Å². The zero-order chi connectivity index (χ0) is 9.41. The second kappa shape index (κ2) is 2.80. The van der Waals surface area contributed by atoms with Crippen LogP contribution in [0.25, 0.3) is 0 Å². The predicted octanol–water partition coefficient (Wildman–Crippen LogP) is -1.23. The summed E-state index contributed by atoms with van der Waals surface area (Å²) in [5, 5.41) is 0.822. The zero-order valence-electron chi connectivity index (χ0n) is 5.71. The Kier molecular flexibility index (Phi) is 2.25. The van der Waals surface area contributed by atoms with E-state index < -0.39 is 32.1 Å². The van der Waals surface area contributed by atoms with Crippen LogP contribution in [0.15, 0.2) is 11.5 Å². The highest BCUT2D eigenvalue weighted by Gasteiger charge is 2.23. The van der Waals surface area contributed by atoms with Crippen molar-refractivity contribution in [3.63, 3.8) is 0 Å². The molecule has 0 aromatic rings. The molecule has 0 aromatic heterocycles. The van der Waals surface area contributed by atoms with E-state index in [9.17, 15) is 21.4 Å². The highest BCUT2D eigenvalue weighted by Crippen LogP contribution is 2.12. The fourth-order valence-corrected chi connectivity index (χ4v) is 2.44. The second-order valence-corrected chi connectivity index (χ2v) is 5.14. The first-order valence-corrected chi connectivity index (χ1v) is 5.88. The van der Waals surface area contributed by atoms with Crippen LogP contribution in [0.4, 0.5) is 0 Å². The fraction of sp³-hybridized carbons (Fsp3) is 0.500. The van der Waals surface area contributed by atoms with Gasteiger partial charge < -0.3 is 4.55 Å². The van der Waals surface area contributed by atoms with E-state index in [0.29, 0.717) is 0 Å². The molecule has 0 aliphatic carbocycles. The van der Waals surface area contributed by atoms with E-state index in [1.807, 2.05) is 0 Å². The summed E-state index contributed by atoms with van der Waals surface area (Å²) in [5.74, 6) is -0.492. The lowest BCUT2D eigenvalue weighted by Gasteiger charge is -2.10. The van der Waals surface area contributed by atoms with E-state index in [-0.39, 0.29) is 0 Å². The van der Waals surface area contributed by atoms with Crippen molar-refractivity contribution in [2.24, 2.45) is 0 Å². The van der Waals surface area contributed by atoms with E-state index in [1.54, 1.807) is 0 Å². The maximum absolute atomic E-state index is 10.7. The lowest BCUT2D eigenvalue weighted by Crippen LogP contribution is -2.19. The third kappa shape index (κ3) is 2.89. The van der Waals surface area contributed by atoms with Gasteiger partial charge in [0.05, 0.1) is 5.75 Å². The molecule has 0 aromatic carbocycles. The summed E-state index contributed by atoms with van der Waals surface area (Å²) in [5.41, 5.74) is 0. The number of hydrogen-bond donors (Lipinski definition) is 0. The first kappa shape index (κ1) is 9.65. The number of rotatable bonds is 2. The first-order chi connectivity index (χ1) is 5.29. The second-order valence-electron chi connectivity index (χ2n) is 2.20. The molecule has 12 heavy (non-hydrogen) atoms. The molecular formula is C4H5O6S2-. The van der Waals surface area contributed by atoms with Crippen LogP contribution in [-0.4, -0.2) is 33.2 Å². The van der Waals surface area contributed by atoms with Gasteiger partial charge in [0.1, 0.15) is 6.10 Å². The lowest BCUT2D eigenvalue weighted by atomic mass is 10.4. The molecule has 1 heterocycles. The van der Waals surface area contributed by atoms with Crippen LogP contribution >= 0.6 is 0 Å². The average Bonchev–Trinajstić information content (AvgIpc) is 2.05. The molecule has 0 N–H and O–H groups in total. The Balaban J connectivity index is 2.69. The van der Waals surface area contributed by atoms with Gasteiger partial charge in [-0.25, -0.2) is 16.8 Å². The molecule has 1 rings (SSSR count). The highest BCUT2D eigenvalue weighted by atomic mass is 32.3. The minimum absolute atomic E-state index is 0.492. The molecule has 70 valence electrons. The first-order valence-electron chi connectivity index (χ1n) is 2.83. The number of hydrogen-bond acceptors (Lipinski definition) is 6. The van der Waals surface area contributed by atoms with E-state index in [1.165, 1.54) is 0 Å². The summed E-state index contributed by atoms with van der Waals surface area (Å²) in [6.07, 6.45) is -0.150. The van der Waals surface area contributed by atoms with Crippen molar-refractivity contribution in [1.29, 1.82) is 0 Å². The minimum atomic E-state index is -4.82. The summed E-state index contributed by atoms with van der Waals surface area (Å²) in [6, 6.07) is 0. The monoisotopic (exact) mass is 213 g/mol. The van der Waals surface area contributed by atoms with Crippen LogP contribution in [0.5, 0.6) is 0 Å². The Bertz CT molecular complexity index is 387. The van der Waals surface area contributed by atoms with Crippen molar-refractivity contribution in [2.45, 2.75) is 6.10 Å². The molecule has 1 aliphatic heterocycles. The van der Waals surface area contributed by atoms with Crippen LogP contribution in [0.3, 0.4) is 0 Å². The Morgan fingerprint density at radius 2 is 2.08 bits per heavy atom. The predicted molar refractivity (Wildman–Crippen MR) is 37.5 cm³/mol. The summed E-state index contributed by atoms with van der Waals surface area (Å²) in [6.45, 7) is 0. The van der Waals surface area contributed by atoms with Gasteiger partial charge in [0.15, 0.2) is 9.84 Å². The van der Waals surface area contributed by atoms with Crippen molar-refractivity contribution in [3.8, 4) is 0 Å². The normalized spacial score (nSPS) is 27.6. The molecule has 0 saturated carbocycles. The topological polar surface area (TPSA) is 101 Å². The van der Waals surface area contributed by atoms with Gasteiger partial charge in [0.2, 0.25) is 10.4 Å². The fourth-order valence-electron chi connectivity index (χ4n) is 0.759. The van der Waals surface area contributed by atoms with Crippen LogP contribution in [0, 0.1) is 0 Å². The molecule has 0 saturated heterocycles. The van der Waals surface area contributed by atoms with Gasteiger partial charge in [0, 0.05) is 5.41 Å². The van der Waals surface area contributed by atoms with Gasteiger partial charge in [0.25, 0.3) is 0 Å². The largest absolute Gasteiger partial charge is 0.726 e. The van der Waals surface area contributed by atoms with E-state index in [4.69, 9.17) is 0 Å². The zero-order valence-corrected chi connectivity index (χ0v) is 7.34. The molecular weight excluding hydrogens is 208 g/mol. The van der Waals surface area contributed by atoms with Gasteiger partial charge in [-0.3, -0.25) is 4.18 Å². The van der Waals surface area contributed by atoms with E-state index >= 15 is 0 Å². The quantitative estimate of drug-likeness (QED) is 0.420. The van der Waals surface area contributed by atoms with Gasteiger partial charge in [-0.15, -0.1) is 0 Å². The molecule has 0 fully saturated rings. The van der Waals surface area contributed by atoms with Gasteiger partial charge >= 0.3 is 0 Å². The van der Waals surface area contributed by atoms with Crippen molar-refractivity contribution < 1.29 is 25.6 Å². The standard InChI is InChI=1S/C4H6O6S2/c5-11(6)2-1-4(3-11)10-12(7,8)9/h1-2,4H,3H2,(H,7,8,9)/p-1. The van der Waals surface area contributed by atoms with Crippen molar-refractivity contribution in [1.82, 2.24) is 0 Å². The number of sulfone groups is 1. The lowest BCUT2D eigenvalue weighted by molar-refractivity contribution is 0.232. The molecule has 0 radical (unpaired) electrons. The Hall–Kier alpha value is -0.440. The molecule has 6 nitrogen and oxygen atoms in total. The summed E-state index contributed by atoms with van der Waals surface area (Å²) < 4.78 is 55.2. The Morgan fingerprint density at radius 3 is 2.42 bits per heavy atom. The minimum Gasteiger partial charge on any atom is -0.726 e. The van der Waals surface area contributed by atoms with Crippen LogP contribution < -0.4 is 0 Å². The molecule has 1 aliphatic rings. The van der Waals surface area contributed by atoms with E-state index in [2.05, 4.69) is 4.18 Å². The van der Waals surface area contributed by atoms with Gasteiger partial charge in [-0.2, -0.15) is 0 Å². The maximum atomic E-state index is 10.7. The molecule has 0 spiro atoms. The molecule has 0 amide bonds. The highest BCUT2D eigenvalue weighted by molar-refractivity contribution is 7.94. The Labute approximate surface area is 69.7 Å². The average molecular weight is 213 g/mol. The molecule has 1 unspecified atom stereocenters. The Morgan fingerprint density at radius 1 is 1.50 bits per heavy atom. The third-order valence-corrected chi connectivity index (χ3v) is 2.99. The van der Waals surface area contributed by atoms with Crippen LogP contribution in [0.2, 0.25) is 0 Å². The summed E-state index contributed by atoms with van der Waals surface area (Å²) >= 11 is 0. The summed E-state index contributed by atoms with van der Waals surface area (Å²) in [4.78, 5) is 0.